The number of hydrogen-bond donors (Lipinski definition) is 1. The maximum atomic E-state index is 9.74. The number of thiophene rings is 1. The predicted molar refractivity (Wildman–Crippen MR) is 59.4 cm³/mol. The first-order chi connectivity index (χ1) is 6.81. The molecule has 0 radical (unpaired) electrons. The third-order valence-electron chi connectivity index (χ3n) is 2.66. The van der Waals surface area contributed by atoms with Gasteiger partial charge < -0.3 is 5.11 Å². The van der Waals surface area contributed by atoms with Gasteiger partial charge in [-0.25, -0.2) is 0 Å². The molecule has 1 aliphatic carbocycles. The first-order valence-corrected chi connectivity index (χ1v) is 5.86. The predicted octanol–water partition coefficient (Wildman–Crippen LogP) is 2.68. The number of aliphatic hydroxyl groups is 1. The van der Waals surface area contributed by atoms with Gasteiger partial charge >= 0.3 is 0 Å². The van der Waals surface area contributed by atoms with E-state index >= 15 is 0 Å². The first kappa shape index (κ1) is 9.76. The molecule has 1 nitrogen and oxygen atoms in total. The van der Waals surface area contributed by atoms with Crippen LogP contribution in [0.1, 0.15) is 40.7 Å². The van der Waals surface area contributed by atoms with Gasteiger partial charge in [-0.3, -0.25) is 0 Å². The van der Waals surface area contributed by atoms with Crippen LogP contribution in [0.15, 0.2) is 6.07 Å². The summed E-state index contributed by atoms with van der Waals surface area (Å²) in [6, 6.07) is 2.14. The molecule has 0 aromatic carbocycles. The smallest absolute Gasteiger partial charge is 0.0990 e. The highest BCUT2D eigenvalue weighted by Gasteiger charge is 2.16. The van der Waals surface area contributed by atoms with Crippen molar-refractivity contribution in [1.29, 1.82) is 0 Å². The standard InChI is InChI=1S/C12H14OS/c1-2-5-10(13)12-8-9-6-3-4-7-11(9)14-12/h1,8,10,13H,3-7H2. The molecule has 1 aromatic heterocycles. The van der Waals surface area contributed by atoms with Crippen LogP contribution in [-0.4, -0.2) is 5.11 Å². The zero-order valence-corrected chi connectivity index (χ0v) is 8.94. The molecule has 1 atom stereocenters. The topological polar surface area (TPSA) is 20.2 Å². The van der Waals surface area contributed by atoms with Crippen molar-refractivity contribution in [3.63, 3.8) is 0 Å². The van der Waals surface area contributed by atoms with Gasteiger partial charge in [0, 0.05) is 16.2 Å². The molecule has 0 amide bonds. The second kappa shape index (κ2) is 4.16. The van der Waals surface area contributed by atoms with Gasteiger partial charge in [0.2, 0.25) is 0 Å². The average molecular weight is 206 g/mol. The second-order valence-electron chi connectivity index (χ2n) is 3.73. The first-order valence-electron chi connectivity index (χ1n) is 5.04. The van der Waals surface area contributed by atoms with Crippen LogP contribution in [0.4, 0.5) is 0 Å². The normalized spacial score (nSPS) is 17.1. The van der Waals surface area contributed by atoms with Gasteiger partial charge in [-0.2, -0.15) is 0 Å². The molecule has 0 bridgehead atoms. The fourth-order valence-electron chi connectivity index (χ4n) is 1.89. The lowest BCUT2D eigenvalue weighted by atomic mass is 9.99. The summed E-state index contributed by atoms with van der Waals surface area (Å²) in [6.45, 7) is 0. The number of terminal acetylenes is 1. The molecular weight excluding hydrogens is 192 g/mol. The van der Waals surface area contributed by atoms with E-state index in [1.54, 1.807) is 11.3 Å². The molecule has 0 saturated carbocycles. The minimum absolute atomic E-state index is 0.430. The van der Waals surface area contributed by atoms with Crippen molar-refractivity contribution in [2.24, 2.45) is 0 Å². The molecule has 0 aliphatic heterocycles. The minimum atomic E-state index is -0.449. The van der Waals surface area contributed by atoms with Gasteiger partial charge in [-0.05, 0) is 37.3 Å². The fraction of sp³-hybridized carbons (Fsp3) is 0.500. The van der Waals surface area contributed by atoms with Crippen molar-refractivity contribution < 1.29 is 5.11 Å². The monoisotopic (exact) mass is 206 g/mol. The third-order valence-corrected chi connectivity index (χ3v) is 3.99. The molecule has 1 unspecified atom stereocenters. The van der Waals surface area contributed by atoms with E-state index in [4.69, 9.17) is 6.42 Å². The fourth-order valence-corrected chi connectivity index (χ4v) is 3.13. The molecule has 2 rings (SSSR count). The summed E-state index contributed by atoms with van der Waals surface area (Å²) in [4.78, 5) is 2.51. The zero-order chi connectivity index (χ0) is 9.97. The van der Waals surface area contributed by atoms with E-state index in [2.05, 4.69) is 12.0 Å². The summed E-state index contributed by atoms with van der Waals surface area (Å²) in [5.41, 5.74) is 1.44. The third kappa shape index (κ3) is 1.84. The number of aryl methyl sites for hydroxylation is 2. The van der Waals surface area contributed by atoms with E-state index in [0.717, 1.165) is 4.88 Å². The lowest BCUT2D eigenvalue weighted by Gasteiger charge is -2.08. The lowest BCUT2D eigenvalue weighted by molar-refractivity contribution is 0.188. The summed E-state index contributed by atoms with van der Waals surface area (Å²) in [6.07, 6.45) is 10.1. The van der Waals surface area contributed by atoms with Gasteiger partial charge in [0.15, 0.2) is 0 Å². The maximum Gasteiger partial charge on any atom is 0.0990 e. The van der Waals surface area contributed by atoms with Gasteiger partial charge in [0.25, 0.3) is 0 Å². The molecule has 1 aliphatic rings. The van der Waals surface area contributed by atoms with E-state index in [9.17, 15) is 5.11 Å². The summed E-state index contributed by atoms with van der Waals surface area (Å²) in [5.74, 6) is 2.50. The quantitative estimate of drug-likeness (QED) is 0.738. The molecule has 2 heteroatoms. The Morgan fingerprint density at radius 1 is 1.50 bits per heavy atom. The van der Waals surface area contributed by atoms with Gasteiger partial charge in [-0.1, -0.05) is 0 Å². The van der Waals surface area contributed by atoms with Gasteiger partial charge in [0.1, 0.15) is 0 Å². The van der Waals surface area contributed by atoms with Crippen LogP contribution in [0.5, 0.6) is 0 Å². The molecule has 0 spiro atoms. The minimum Gasteiger partial charge on any atom is -0.387 e. The molecule has 0 fully saturated rings. The number of fused-ring (bicyclic) bond motifs is 1. The molecule has 1 N–H and O–H groups in total. The number of aliphatic hydroxyl groups excluding tert-OH is 1. The van der Waals surface area contributed by atoms with Crippen LogP contribution < -0.4 is 0 Å². The second-order valence-corrected chi connectivity index (χ2v) is 4.90. The summed E-state index contributed by atoms with van der Waals surface area (Å²) < 4.78 is 0. The highest BCUT2D eigenvalue weighted by atomic mass is 32.1. The largest absolute Gasteiger partial charge is 0.387 e. The maximum absolute atomic E-state index is 9.74. The number of rotatable bonds is 2. The van der Waals surface area contributed by atoms with Crippen LogP contribution in [0, 0.1) is 12.3 Å². The van der Waals surface area contributed by atoms with Crippen molar-refractivity contribution in [3.8, 4) is 12.3 Å². The van der Waals surface area contributed by atoms with Crippen molar-refractivity contribution >= 4 is 11.3 Å². The Labute approximate surface area is 88.8 Å². The Morgan fingerprint density at radius 3 is 3.00 bits per heavy atom. The van der Waals surface area contributed by atoms with Crippen molar-refractivity contribution in [3.05, 3.63) is 21.4 Å². The summed E-state index contributed by atoms with van der Waals surface area (Å²) in [7, 11) is 0. The summed E-state index contributed by atoms with van der Waals surface area (Å²) in [5, 5.41) is 9.74. The van der Waals surface area contributed by atoms with Gasteiger partial charge in [0.05, 0.1) is 6.10 Å². The Morgan fingerprint density at radius 2 is 2.29 bits per heavy atom. The van der Waals surface area contributed by atoms with Crippen LogP contribution >= 0.6 is 11.3 Å². The molecule has 14 heavy (non-hydrogen) atoms. The zero-order valence-electron chi connectivity index (χ0n) is 8.12. The molecule has 74 valence electrons. The van der Waals surface area contributed by atoms with Crippen molar-refractivity contribution in [2.45, 2.75) is 38.2 Å². The van der Waals surface area contributed by atoms with Crippen molar-refractivity contribution in [1.82, 2.24) is 0 Å². The highest BCUT2D eigenvalue weighted by Crippen LogP contribution is 2.33. The Bertz CT molecular complexity index is 335. The Balaban J connectivity index is 2.20. The highest BCUT2D eigenvalue weighted by molar-refractivity contribution is 7.12. The molecule has 1 aromatic rings. The Kier molecular flexibility index (Phi) is 2.90. The van der Waals surface area contributed by atoms with Crippen LogP contribution in [0.25, 0.3) is 0 Å². The van der Waals surface area contributed by atoms with E-state index < -0.39 is 6.10 Å². The Hall–Kier alpha value is -0.780. The van der Waals surface area contributed by atoms with E-state index in [1.165, 1.54) is 36.1 Å². The van der Waals surface area contributed by atoms with Gasteiger partial charge in [-0.15, -0.1) is 23.7 Å². The van der Waals surface area contributed by atoms with Crippen LogP contribution in [-0.2, 0) is 12.8 Å². The van der Waals surface area contributed by atoms with E-state index in [1.807, 2.05) is 0 Å². The summed E-state index contributed by atoms with van der Waals surface area (Å²) >= 11 is 1.74. The van der Waals surface area contributed by atoms with Crippen LogP contribution in [0.3, 0.4) is 0 Å². The van der Waals surface area contributed by atoms with Crippen LogP contribution in [0.2, 0.25) is 0 Å². The van der Waals surface area contributed by atoms with E-state index in [-0.39, 0.29) is 0 Å². The van der Waals surface area contributed by atoms with E-state index in [0.29, 0.717) is 6.42 Å². The molecular formula is C12H14OS. The lowest BCUT2D eigenvalue weighted by Crippen LogP contribution is -1.96. The molecule has 1 heterocycles. The molecule has 0 saturated heterocycles. The SMILES string of the molecule is C#CCC(O)c1cc2c(s1)CCCC2. The van der Waals surface area contributed by atoms with Crippen molar-refractivity contribution in [2.75, 3.05) is 0 Å². The average Bonchev–Trinajstić information content (AvgIpc) is 2.61. The number of hydrogen-bond acceptors (Lipinski definition) is 2.